The minimum Gasteiger partial charge on any atom is -0.346 e. The Morgan fingerprint density at radius 1 is 1.14 bits per heavy atom. The van der Waals surface area contributed by atoms with Crippen molar-refractivity contribution in [3.8, 4) is 23.3 Å². The van der Waals surface area contributed by atoms with E-state index in [0.717, 1.165) is 10.9 Å². The number of pyridine rings is 2. The van der Waals surface area contributed by atoms with Gasteiger partial charge in [0.05, 0.1) is 36.0 Å². The second kappa shape index (κ2) is 10.2. The molecule has 6 heterocycles. The highest BCUT2D eigenvalue weighted by molar-refractivity contribution is 5.96. The summed E-state index contributed by atoms with van der Waals surface area (Å²) < 4.78 is 55.1. The van der Waals surface area contributed by atoms with E-state index in [4.69, 9.17) is 0 Å². The van der Waals surface area contributed by atoms with Crippen LogP contribution in [0.25, 0.3) is 22.2 Å². The fourth-order valence-electron chi connectivity index (χ4n) is 5.93. The maximum Gasteiger partial charge on any atom is 0.433 e. The molecule has 0 atom stereocenters. The molecule has 42 heavy (non-hydrogen) atoms. The molecule has 0 radical (unpaired) electrons. The van der Waals surface area contributed by atoms with Crippen molar-refractivity contribution in [2.24, 2.45) is 0 Å². The molecule has 0 aromatic carbocycles. The maximum absolute atomic E-state index is 14.2. The van der Waals surface area contributed by atoms with Crippen molar-refractivity contribution in [1.82, 2.24) is 34.5 Å². The average molecular weight is 578 g/mol. The Morgan fingerprint density at radius 2 is 1.90 bits per heavy atom. The van der Waals surface area contributed by atoms with Crippen LogP contribution < -0.4 is 0 Å². The summed E-state index contributed by atoms with van der Waals surface area (Å²) in [4.78, 5) is 26.8. The molecule has 4 aromatic heterocycles. The molecule has 2 saturated heterocycles. The van der Waals surface area contributed by atoms with E-state index in [1.807, 2.05) is 12.3 Å². The van der Waals surface area contributed by atoms with Gasteiger partial charge in [-0.15, -0.1) is 0 Å². The third kappa shape index (κ3) is 4.63. The van der Waals surface area contributed by atoms with Gasteiger partial charge in [0.1, 0.15) is 22.9 Å². The average Bonchev–Trinajstić information content (AvgIpc) is 3.64. The van der Waals surface area contributed by atoms with Gasteiger partial charge in [0.25, 0.3) is 5.91 Å². The molecule has 0 spiro atoms. The number of alkyl halides is 3. The van der Waals surface area contributed by atoms with Crippen molar-refractivity contribution in [2.75, 3.05) is 26.2 Å². The molecular weight excluding hydrogens is 554 g/mol. The van der Waals surface area contributed by atoms with E-state index in [0.29, 0.717) is 55.0 Å². The van der Waals surface area contributed by atoms with Gasteiger partial charge in [0.15, 0.2) is 5.82 Å². The molecule has 14 heteroatoms. The molecular formula is C28H23F4N9O. The SMILES string of the molecule is N#CCC1(n2cc(-c3c(C#N)cnc4[nH]ccc34)cn2)CN(C2CCN(C(=O)c3cc(C(F)(F)F)ncc3F)CC2)C1. The van der Waals surface area contributed by atoms with Gasteiger partial charge in [-0.25, -0.2) is 14.4 Å². The van der Waals surface area contributed by atoms with Gasteiger partial charge >= 0.3 is 6.18 Å². The van der Waals surface area contributed by atoms with E-state index >= 15 is 0 Å². The molecule has 4 aromatic rings. The molecule has 1 N–H and O–H groups in total. The second-order valence-corrected chi connectivity index (χ2v) is 10.6. The van der Waals surface area contributed by atoms with Crippen LogP contribution in [0.1, 0.15) is 40.9 Å². The summed E-state index contributed by atoms with van der Waals surface area (Å²) in [6.45, 7) is 1.59. The number of likely N-dealkylation sites (tertiary alicyclic amines) is 2. The highest BCUT2D eigenvalue weighted by Crippen LogP contribution is 2.38. The summed E-state index contributed by atoms with van der Waals surface area (Å²) in [6.07, 6.45) is 3.73. The van der Waals surface area contributed by atoms with E-state index in [9.17, 15) is 32.9 Å². The Kier molecular flexibility index (Phi) is 6.66. The molecule has 0 saturated carbocycles. The molecule has 10 nitrogen and oxygen atoms in total. The Morgan fingerprint density at radius 3 is 2.60 bits per heavy atom. The first-order chi connectivity index (χ1) is 20.1. The lowest BCUT2D eigenvalue weighted by Gasteiger charge is -2.53. The Labute approximate surface area is 236 Å². The number of carbonyl (C=O) groups is 1. The number of carbonyl (C=O) groups excluding carboxylic acids is 1. The van der Waals surface area contributed by atoms with Crippen LogP contribution in [-0.2, 0) is 11.7 Å². The molecule has 214 valence electrons. The quantitative estimate of drug-likeness (QED) is 0.354. The lowest BCUT2D eigenvalue weighted by molar-refractivity contribution is -0.141. The van der Waals surface area contributed by atoms with E-state index < -0.39 is 34.7 Å². The third-order valence-corrected chi connectivity index (χ3v) is 8.11. The standard InChI is InChI=1S/C28H23F4N9O/c29-22-13-36-23(28(30,31)32)9-21(22)26(42)39-7-2-19(3-8-39)40-15-27(16-40,4-5-33)41-14-18(12-38-41)24-17(10-34)11-37-25-20(24)1-6-35-25/h1,6,9,11-14,19H,2-4,7-8,15-16H2,(H,35,37). The number of piperidine rings is 1. The number of hydrogen-bond donors (Lipinski definition) is 1. The molecule has 1 amide bonds. The highest BCUT2D eigenvalue weighted by Gasteiger charge is 2.48. The topological polar surface area (TPSA) is 131 Å². The van der Waals surface area contributed by atoms with Crippen molar-refractivity contribution in [3.63, 3.8) is 0 Å². The fourth-order valence-corrected chi connectivity index (χ4v) is 5.93. The summed E-state index contributed by atoms with van der Waals surface area (Å²) in [5.41, 5.74) is -0.0343. The number of halogens is 4. The molecule has 6 rings (SSSR count). The van der Waals surface area contributed by atoms with E-state index in [2.05, 4.69) is 37.1 Å². The molecule has 0 bridgehead atoms. The third-order valence-electron chi connectivity index (χ3n) is 8.11. The normalized spacial score (nSPS) is 17.5. The van der Waals surface area contributed by atoms with Gasteiger partial charge in [0.2, 0.25) is 0 Å². The number of fused-ring (bicyclic) bond motifs is 1. The van der Waals surface area contributed by atoms with Crippen LogP contribution in [-0.4, -0.2) is 72.7 Å². The second-order valence-electron chi connectivity index (χ2n) is 10.6. The minimum atomic E-state index is -4.79. The van der Waals surface area contributed by atoms with Crippen LogP contribution in [0, 0.1) is 28.5 Å². The van der Waals surface area contributed by atoms with Crippen molar-refractivity contribution in [1.29, 1.82) is 10.5 Å². The minimum absolute atomic E-state index is 0.0776. The van der Waals surface area contributed by atoms with Gasteiger partial charge < -0.3 is 9.88 Å². The number of hydrogen-bond acceptors (Lipinski definition) is 7. The molecule has 0 unspecified atom stereocenters. The van der Waals surface area contributed by atoms with E-state index in [1.165, 1.54) is 11.1 Å². The first-order valence-electron chi connectivity index (χ1n) is 13.2. The first-order valence-corrected chi connectivity index (χ1v) is 13.2. The Balaban J connectivity index is 1.14. The zero-order chi connectivity index (χ0) is 29.6. The number of H-pyrrole nitrogens is 1. The molecule has 2 fully saturated rings. The smallest absolute Gasteiger partial charge is 0.346 e. The lowest BCUT2D eigenvalue weighted by atomic mass is 9.83. The van der Waals surface area contributed by atoms with Crippen LogP contribution in [0.4, 0.5) is 17.6 Å². The van der Waals surface area contributed by atoms with Crippen LogP contribution in [0.5, 0.6) is 0 Å². The maximum atomic E-state index is 14.2. The molecule has 2 aliphatic rings. The largest absolute Gasteiger partial charge is 0.433 e. The number of rotatable bonds is 5. The Hall–Kier alpha value is -4.82. The number of amides is 1. The van der Waals surface area contributed by atoms with E-state index in [1.54, 1.807) is 17.1 Å². The molecule has 0 aliphatic carbocycles. The van der Waals surface area contributed by atoms with Crippen molar-refractivity contribution >= 4 is 16.9 Å². The number of nitriles is 2. The Bertz CT molecular complexity index is 1750. The zero-order valence-corrected chi connectivity index (χ0v) is 22.1. The number of nitrogens with zero attached hydrogens (tertiary/aromatic N) is 8. The van der Waals surface area contributed by atoms with Gasteiger partial charge in [-0.3, -0.25) is 14.4 Å². The van der Waals surface area contributed by atoms with Crippen molar-refractivity contribution in [3.05, 3.63) is 65.8 Å². The van der Waals surface area contributed by atoms with Crippen LogP contribution in [0.3, 0.4) is 0 Å². The summed E-state index contributed by atoms with van der Waals surface area (Å²) in [7, 11) is 0. The van der Waals surface area contributed by atoms with Crippen molar-refractivity contribution in [2.45, 2.75) is 37.0 Å². The zero-order valence-electron chi connectivity index (χ0n) is 22.1. The number of aromatic amines is 1. The molecule has 2 aliphatic heterocycles. The summed E-state index contributed by atoms with van der Waals surface area (Å²) in [6, 6.07) is 6.83. The monoisotopic (exact) mass is 577 g/mol. The summed E-state index contributed by atoms with van der Waals surface area (Å²) >= 11 is 0. The van der Waals surface area contributed by atoms with Crippen molar-refractivity contribution < 1.29 is 22.4 Å². The lowest BCUT2D eigenvalue weighted by Crippen LogP contribution is -2.66. The van der Waals surface area contributed by atoms with Crippen LogP contribution >= 0.6 is 0 Å². The highest BCUT2D eigenvalue weighted by atomic mass is 19.4. The van der Waals surface area contributed by atoms with E-state index in [-0.39, 0.29) is 25.6 Å². The van der Waals surface area contributed by atoms with Gasteiger partial charge in [-0.05, 0) is 25.0 Å². The number of aromatic nitrogens is 5. The fraction of sp³-hybridized carbons (Fsp3) is 0.357. The van der Waals surface area contributed by atoms with Crippen LogP contribution in [0.2, 0.25) is 0 Å². The van der Waals surface area contributed by atoms with Gasteiger partial charge in [0, 0.05) is 67.3 Å². The van der Waals surface area contributed by atoms with Crippen LogP contribution in [0.15, 0.2) is 43.1 Å². The van der Waals surface area contributed by atoms with Gasteiger partial charge in [-0.2, -0.15) is 28.8 Å². The predicted molar refractivity (Wildman–Crippen MR) is 140 cm³/mol. The van der Waals surface area contributed by atoms with Gasteiger partial charge in [-0.1, -0.05) is 0 Å². The number of nitrogens with one attached hydrogen (secondary N) is 1. The summed E-state index contributed by atoms with van der Waals surface area (Å²) in [5, 5.41) is 24.7. The summed E-state index contributed by atoms with van der Waals surface area (Å²) in [5.74, 6) is -1.89. The predicted octanol–water partition coefficient (Wildman–Crippen LogP) is 4.08. The first kappa shape index (κ1) is 27.4.